The second-order valence-corrected chi connectivity index (χ2v) is 3.07. The Morgan fingerprint density at radius 1 is 1.33 bits per heavy atom. The summed E-state index contributed by atoms with van der Waals surface area (Å²) in [6.07, 6.45) is 3.02. The molecule has 0 radical (unpaired) electrons. The van der Waals surface area contributed by atoms with E-state index in [-0.39, 0.29) is 0 Å². The van der Waals surface area contributed by atoms with Crippen molar-refractivity contribution in [1.29, 1.82) is 0 Å². The van der Waals surface area contributed by atoms with Crippen LogP contribution in [0.5, 0.6) is 0 Å². The molecule has 0 amide bonds. The first kappa shape index (κ1) is 7.35. The van der Waals surface area contributed by atoms with Crippen LogP contribution in [0.1, 0.15) is 11.1 Å². The Balaban J connectivity index is 2.39. The number of hydrogen-bond donors (Lipinski definition) is 0. The van der Waals surface area contributed by atoms with Crippen LogP contribution in [0.3, 0.4) is 0 Å². The van der Waals surface area contributed by atoms with Crippen LogP contribution in [-0.4, -0.2) is 24.8 Å². The molecule has 0 N–H and O–H groups in total. The van der Waals surface area contributed by atoms with E-state index in [2.05, 4.69) is 29.4 Å². The van der Waals surface area contributed by atoms with Gasteiger partial charge < -0.3 is 0 Å². The van der Waals surface area contributed by atoms with Crippen molar-refractivity contribution < 1.29 is 0 Å². The Morgan fingerprint density at radius 3 is 3.08 bits per heavy atom. The van der Waals surface area contributed by atoms with Crippen LogP contribution in [0, 0.1) is 0 Å². The molecule has 2 rings (SSSR count). The van der Waals surface area contributed by atoms with Crippen LogP contribution in [0.15, 0.2) is 29.4 Å². The molecule has 0 saturated carbocycles. The lowest BCUT2D eigenvalue weighted by molar-refractivity contribution is 0.364. The number of likely N-dealkylation sites (N-methyl/N-ethyl adjacent to an activating group) is 1. The Morgan fingerprint density at radius 2 is 2.17 bits per heavy atom. The first-order chi connectivity index (χ1) is 5.86. The summed E-state index contributed by atoms with van der Waals surface area (Å²) >= 11 is 0. The minimum absolute atomic E-state index is 1.01. The maximum absolute atomic E-state index is 4.27. The van der Waals surface area contributed by atoms with E-state index in [9.17, 15) is 0 Å². The molecule has 0 bridgehead atoms. The quantitative estimate of drug-likeness (QED) is 0.561. The van der Waals surface area contributed by atoms with Gasteiger partial charge in [-0.2, -0.15) is 5.10 Å². The van der Waals surface area contributed by atoms with Crippen LogP contribution in [0.4, 0.5) is 0 Å². The number of hydrazone groups is 1. The van der Waals surface area contributed by atoms with Crippen molar-refractivity contribution in [3.05, 3.63) is 35.4 Å². The van der Waals surface area contributed by atoms with E-state index in [1.54, 1.807) is 0 Å². The number of nitrogens with zero attached hydrogens (tertiary/aromatic N) is 2. The van der Waals surface area contributed by atoms with E-state index in [1.165, 1.54) is 11.1 Å². The lowest BCUT2D eigenvalue weighted by atomic mass is 10.1. The highest BCUT2D eigenvalue weighted by molar-refractivity contribution is 5.81. The average molecular weight is 160 g/mol. The normalized spacial score (nSPS) is 15.6. The van der Waals surface area contributed by atoms with Crippen molar-refractivity contribution in [3.63, 3.8) is 0 Å². The number of benzene rings is 1. The maximum atomic E-state index is 4.27. The van der Waals surface area contributed by atoms with Gasteiger partial charge >= 0.3 is 0 Å². The van der Waals surface area contributed by atoms with Gasteiger partial charge in [0.15, 0.2) is 0 Å². The van der Waals surface area contributed by atoms with E-state index in [4.69, 9.17) is 0 Å². The van der Waals surface area contributed by atoms with Crippen LogP contribution in [0.25, 0.3) is 0 Å². The van der Waals surface area contributed by atoms with Gasteiger partial charge in [0.1, 0.15) is 0 Å². The molecular formula is C10H12N2. The van der Waals surface area contributed by atoms with Gasteiger partial charge in [0.05, 0.1) is 6.21 Å². The summed E-state index contributed by atoms with van der Waals surface area (Å²) in [4.78, 5) is 0. The van der Waals surface area contributed by atoms with Crippen LogP contribution in [0.2, 0.25) is 0 Å². The molecular weight excluding hydrogens is 148 g/mol. The Kier molecular flexibility index (Phi) is 1.82. The Labute approximate surface area is 72.5 Å². The summed E-state index contributed by atoms with van der Waals surface area (Å²) in [5.41, 5.74) is 2.65. The van der Waals surface area contributed by atoms with Crippen LogP contribution in [-0.2, 0) is 6.42 Å². The van der Waals surface area contributed by atoms with Crippen LogP contribution < -0.4 is 0 Å². The lowest BCUT2D eigenvalue weighted by Crippen LogP contribution is -2.12. The molecule has 2 heteroatoms. The van der Waals surface area contributed by atoms with Crippen molar-refractivity contribution >= 4 is 6.21 Å². The topological polar surface area (TPSA) is 15.6 Å². The highest BCUT2D eigenvalue weighted by Crippen LogP contribution is 2.10. The predicted molar refractivity (Wildman–Crippen MR) is 50.4 cm³/mol. The molecule has 2 nitrogen and oxygen atoms in total. The molecule has 0 fully saturated rings. The number of fused-ring (bicyclic) bond motifs is 1. The highest BCUT2D eigenvalue weighted by atomic mass is 15.4. The molecule has 1 aromatic rings. The summed E-state index contributed by atoms with van der Waals surface area (Å²) in [6, 6.07) is 8.41. The first-order valence-electron chi connectivity index (χ1n) is 4.19. The van der Waals surface area contributed by atoms with Gasteiger partial charge in [-0.15, -0.1) is 0 Å². The predicted octanol–water partition coefficient (Wildman–Crippen LogP) is 1.51. The third kappa shape index (κ3) is 1.33. The van der Waals surface area contributed by atoms with Gasteiger partial charge in [0.25, 0.3) is 0 Å². The fraction of sp³-hybridized carbons (Fsp3) is 0.300. The Bertz CT molecular complexity index is 304. The Hall–Kier alpha value is -1.31. The molecule has 1 heterocycles. The van der Waals surface area contributed by atoms with Gasteiger partial charge in [-0.05, 0) is 17.5 Å². The minimum atomic E-state index is 1.01. The van der Waals surface area contributed by atoms with E-state index in [0.29, 0.717) is 0 Å². The third-order valence-electron chi connectivity index (χ3n) is 2.15. The largest absolute Gasteiger partial charge is 0.300 e. The van der Waals surface area contributed by atoms with Gasteiger partial charge in [0, 0.05) is 13.6 Å². The number of rotatable bonds is 0. The molecule has 62 valence electrons. The molecule has 0 aliphatic carbocycles. The van der Waals surface area contributed by atoms with Crippen molar-refractivity contribution in [3.8, 4) is 0 Å². The van der Waals surface area contributed by atoms with Crippen molar-refractivity contribution in [2.24, 2.45) is 5.10 Å². The standard InChI is InChI=1S/C10H12N2/c1-12-7-6-9-4-2-3-5-10(9)8-11-12/h2-5,8H,6-7H2,1H3. The monoisotopic (exact) mass is 160 g/mol. The SMILES string of the molecule is CN1CCc2ccccc2C=N1. The van der Waals surface area contributed by atoms with Crippen molar-refractivity contribution in [2.75, 3.05) is 13.6 Å². The smallest absolute Gasteiger partial charge is 0.0545 e. The average Bonchev–Trinajstić information content (AvgIpc) is 2.29. The summed E-state index contributed by atoms with van der Waals surface area (Å²) < 4.78 is 0. The first-order valence-corrected chi connectivity index (χ1v) is 4.19. The second-order valence-electron chi connectivity index (χ2n) is 3.07. The third-order valence-corrected chi connectivity index (χ3v) is 2.15. The molecule has 0 spiro atoms. The zero-order valence-corrected chi connectivity index (χ0v) is 7.20. The zero-order chi connectivity index (χ0) is 8.39. The minimum Gasteiger partial charge on any atom is -0.300 e. The second kappa shape index (κ2) is 2.97. The maximum Gasteiger partial charge on any atom is 0.0545 e. The molecule has 1 aliphatic rings. The molecule has 0 unspecified atom stereocenters. The fourth-order valence-corrected chi connectivity index (χ4v) is 1.39. The highest BCUT2D eigenvalue weighted by Gasteiger charge is 2.04. The van der Waals surface area contributed by atoms with E-state index >= 15 is 0 Å². The molecule has 0 aromatic heterocycles. The van der Waals surface area contributed by atoms with Gasteiger partial charge in [-0.25, -0.2) is 0 Å². The molecule has 12 heavy (non-hydrogen) atoms. The fourth-order valence-electron chi connectivity index (χ4n) is 1.39. The lowest BCUT2D eigenvalue weighted by Gasteiger charge is -2.08. The zero-order valence-electron chi connectivity index (χ0n) is 7.20. The molecule has 1 aliphatic heterocycles. The van der Waals surface area contributed by atoms with E-state index in [0.717, 1.165) is 13.0 Å². The number of hydrogen-bond acceptors (Lipinski definition) is 2. The summed E-state index contributed by atoms with van der Waals surface area (Å²) in [6.45, 7) is 1.01. The summed E-state index contributed by atoms with van der Waals surface area (Å²) in [5.74, 6) is 0. The molecule has 0 atom stereocenters. The van der Waals surface area contributed by atoms with Gasteiger partial charge in [-0.3, -0.25) is 5.01 Å². The summed E-state index contributed by atoms with van der Waals surface area (Å²) in [7, 11) is 2.00. The van der Waals surface area contributed by atoms with Gasteiger partial charge in [-0.1, -0.05) is 24.3 Å². The molecule has 1 aromatic carbocycles. The molecule has 0 saturated heterocycles. The summed E-state index contributed by atoms with van der Waals surface area (Å²) in [5, 5.41) is 6.25. The van der Waals surface area contributed by atoms with Crippen molar-refractivity contribution in [2.45, 2.75) is 6.42 Å². The van der Waals surface area contributed by atoms with Crippen LogP contribution >= 0.6 is 0 Å². The van der Waals surface area contributed by atoms with Crippen molar-refractivity contribution in [1.82, 2.24) is 5.01 Å². The van der Waals surface area contributed by atoms with E-state index in [1.807, 2.05) is 18.3 Å². The van der Waals surface area contributed by atoms with E-state index < -0.39 is 0 Å². The van der Waals surface area contributed by atoms with Gasteiger partial charge in [0.2, 0.25) is 0 Å².